The molecule has 7 nitrogen and oxygen atoms in total. The number of nitrogens with zero attached hydrogens (tertiary/aromatic N) is 1. The van der Waals surface area contributed by atoms with Gasteiger partial charge in [-0.1, -0.05) is 63.6 Å². The topological polar surface area (TPSA) is 92.8 Å². The fraction of sp³-hybridized carbons (Fsp3) is 0.481. The minimum absolute atomic E-state index is 0.0290. The summed E-state index contributed by atoms with van der Waals surface area (Å²) in [5, 5.41) is 2.80. The van der Waals surface area contributed by atoms with Crippen LogP contribution in [0.2, 0.25) is 18.1 Å². The van der Waals surface area contributed by atoms with E-state index in [2.05, 4.69) is 39.2 Å². The number of β-lactam (4-membered cyclic amide) rings is 1. The number of anilines is 1. The molecule has 1 fully saturated rings. The van der Waals surface area contributed by atoms with Gasteiger partial charge in [0.2, 0.25) is 11.8 Å². The third-order valence-corrected chi connectivity index (χ3v) is 13.8. The van der Waals surface area contributed by atoms with E-state index < -0.39 is 48.2 Å². The van der Waals surface area contributed by atoms with E-state index in [1.807, 2.05) is 13.8 Å². The highest BCUT2D eigenvalue weighted by Gasteiger charge is 2.51. The Morgan fingerprint density at radius 2 is 1.58 bits per heavy atom. The number of benzene rings is 2. The van der Waals surface area contributed by atoms with Crippen molar-refractivity contribution >= 4 is 35.8 Å². The molecule has 9 heteroatoms. The first-order valence-electron chi connectivity index (χ1n) is 12.3. The molecule has 0 unspecified atom stereocenters. The SMILES string of the molecule is Cc1ccc(S(=O)(=O)N(C(=O)[C@H](C)[C@H]2NC(=O)[C@@H]2[C@@H](C)O[Si](C)(C)C(C)(C)C)c2ccccc2)cc1. The highest BCUT2D eigenvalue weighted by Crippen LogP contribution is 2.40. The Morgan fingerprint density at radius 1 is 1.03 bits per heavy atom. The fourth-order valence-corrected chi connectivity index (χ4v) is 7.10. The van der Waals surface area contributed by atoms with Gasteiger partial charge < -0.3 is 9.74 Å². The van der Waals surface area contributed by atoms with Crippen molar-refractivity contribution in [2.24, 2.45) is 11.8 Å². The summed E-state index contributed by atoms with van der Waals surface area (Å²) in [5.41, 5.74) is 1.17. The Kier molecular flexibility index (Phi) is 7.88. The van der Waals surface area contributed by atoms with Gasteiger partial charge in [-0.25, -0.2) is 12.7 Å². The van der Waals surface area contributed by atoms with E-state index in [1.165, 1.54) is 12.1 Å². The van der Waals surface area contributed by atoms with Crippen molar-refractivity contribution in [1.29, 1.82) is 0 Å². The molecule has 2 aromatic carbocycles. The lowest BCUT2D eigenvalue weighted by atomic mass is 9.78. The Balaban J connectivity index is 1.93. The van der Waals surface area contributed by atoms with Gasteiger partial charge in [-0.15, -0.1) is 0 Å². The number of sulfonamides is 1. The van der Waals surface area contributed by atoms with Crippen LogP contribution >= 0.6 is 0 Å². The van der Waals surface area contributed by atoms with Gasteiger partial charge in [0.25, 0.3) is 10.0 Å². The summed E-state index contributed by atoms with van der Waals surface area (Å²) in [7, 11) is -6.34. The van der Waals surface area contributed by atoms with Crippen molar-refractivity contribution in [3.8, 4) is 0 Å². The third kappa shape index (κ3) is 5.43. The van der Waals surface area contributed by atoms with Crippen molar-refractivity contribution in [3.05, 3.63) is 60.2 Å². The predicted octanol–water partition coefficient (Wildman–Crippen LogP) is 4.88. The number of nitrogens with one attached hydrogen (secondary N) is 1. The van der Waals surface area contributed by atoms with Gasteiger partial charge in [-0.3, -0.25) is 9.59 Å². The fourth-order valence-electron chi connectivity index (χ4n) is 4.18. The average Bonchev–Trinajstić information content (AvgIpc) is 2.76. The van der Waals surface area contributed by atoms with Gasteiger partial charge in [0, 0.05) is 0 Å². The zero-order valence-electron chi connectivity index (χ0n) is 22.4. The van der Waals surface area contributed by atoms with Crippen LogP contribution in [0.1, 0.15) is 40.2 Å². The quantitative estimate of drug-likeness (QED) is 0.388. The van der Waals surface area contributed by atoms with Crippen molar-refractivity contribution in [2.75, 3.05) is 4.31 Å². The average molecular weight is 531 g/mol. The van der Waals surface area contributed by atoms with Gasteiger partial charge in [0.05, 0.1) is 34.6 Å². The number of amides is 2. The lowest BCUT2D eigenvalue weighted by molar-refractivity contribution is -0.144. The summed E-state index contributed by atoms with van der Waals surface area (Å²) < 4.78 is 34.7. The molecule has 2 amide bonds. The lowest BCUT2D eigenvalue weighted by Crippen LogP contribution is -2.67. The number of hydrogen-bond donors (Lipinski definition) is 1. The zero-order valence-corrected chi connectivity index (χ0v) is 24.2. The van der Waals surface area contributed by atoms with Gasteiger partial charge in [-0.2, -0.15) is 0 Å². The number of aryl methyl sites for hydroxylation is 1. The van der Waals surface area contributed by atoms with Crippen LogP contribution in [0.3, 0.4) is 0 Å². The zero-order chi connectivity index (χ0) is 27.1. The molecule has 2 aromatic rings. The number of hydrogen-bond acceptors (Lipinski definition) is 5. The summed E-state index contributed by atoms with van der Waals surface area (Å²) in [4.78, 5) is 26.5. The van der Waals surface area contributed by atoms with E-state index in [-0.39, 0.29) is 21.5 Å². The maximum absolute atomic E-state index is 13.8. The van der Waals surface area contributed by atoms with Crippen LogP contribution in [0.15, 0.2) is 59.5 Å². The molecule has 0 saturated carbocycles. The smallest absolute Gasteiger partial charge is 0.270 e. The summed E-state index contributed by atoms with van der Waals surface area (Å²) >= 11 is 0. The first-order valence-corrected chi connectivity index (χ1v) is 16.6. The van der Waals surface area contributed by atoms with Gasteiger partial charge in [-0.05, 0) is 56.2 Å². The van der Waals surface area contributed by atoms with Crippen LogP contribution in [-0.4, -0.2) is 40.7 Å². The first-order chi connectivity index (χ1) is 16.6. The Hall–Kier alpha value is -2.49. The molecule has 4 atom stereocenters. The minimum Gasteiger partial charge on any atom is -0.413 e. The van der Waals surface area contributed by atoms with Gasteiger partial charge >= 0.3 is 0 Å². The summed E-state index contributed by atoms with van der Waals surface area (Å²) in [6.07, 6.45) is -0.404. The molecule has 1 N–H and O–H groups in total. The van der Waals surface area contributed by atoms with Crippen LogP contribution in [-0.2, 0) is 24.0 Å². The molecule has 1 saturated heterocycles. The second-order valence-corrected chi connectivity index (χ2v) is 17.7. The largest absolute Gasteiger partial charge is 0.413 e. The third-order valence-electron chi connectivity index (χ3n) is 7.47. The maximum atomic E-state index is 13.8. The molecular weight excluding hydrogens is 492 g/mol. The second kappa shape index (κ2) is 10.1. The normalized spacial score (nSPS) is 20.2. The van der Waals surface area contributed by atoms with Crippen molar-refractivity contribution in [3.63, 3.8) is 0 Å². The standard InChI is InChI=1S/C27H38N2O5SSi/c1-18-14-16-22(17-15-18)35(32,33)29(21-12-10-9-11-13-21)26(31)19(2)24-23(25(30)28-24)20(3)34-36(7,8)27(4,5)6/h9-17,19-20,23-24H,1-8H3,(H,28,30)/t19-,20-,23-,24-/m1/s1. The van der Waals surface area contributed by atoms with E-state index in [4.69, 9.17) is 4.43 Å². The molecular formula is C27H38N2O5SSi. The Bertz CT molecular complexity index is 1210. The number of carbonyl (C=O) groups is 2. The molecule has 3 rings (SSSR count). The Morgan fingerprint density at radius 3 is 2.08 bits per heavy atom. The van der Waals surface area contributed by atoms with E-state index in [9.17, 15) is 18.0 Å². The minimum atomic E-state index is -4.19. The highest BCUT2D eigenvalue weighted by atomic mass is 32.2. The van der Waals surface area contributed by atoms with Crippen molar-refractivity contribution < 1.29 is 22.4 Å². The molecule has 0 aromatic heterocycles. The number of rotatable bonds is 8. The number of carbonyl (C=O) groups excluding carboxylic acids is 2. The van der Waals surface area contributed by atoms with E-state index in [0.717, 1.165) is 9.87 Å². The van der Waals surface area contributed by atoms with Crippen molar-refractivity contribution in [1.82, 2.24) is 5.32 Å². The maximum Gasteiger partial charge on any atom is 0.270 e. The van der Waals surface area contributed by atoms with Crippen LogP contribution in [0.5, 0.6) is 0 Å². The highest BCUT2D eigenvalue weighted by molar-refractivity contribution is 7.93. The molecule has 1 heterocycles. The monoisotopic (exact) mass is 530 g/mol. The first kappa shape index (κ1) is 28.1. The van der Waals surface area contributed by atoms with E-state index >= 15 is 0 Å². The van der Waals surface area contributed by atoms with Crippen LogP contribution < -0.4 is 9.62 Å². The molecule has 1 aliphatic heterocycles. The molecule has 36 heavy (non-hydrogen) atoms. The molecule has 0 bridgehead atoms. The molecule has 196 valence electrons. The van der Waals surface area contributed by atoms with E-state index in [0.29, 0.717) is 0 Å². The predicted molar refractivity (Wildman–Crippen MR) is 145 cm³/mol. The van der Waals surface area contributed by atoms with Crippen molar-refractivity contribution in [2.45, 2.75) is 76.7 Å². The van der Waals surface area contributed by atoms with Gasteiger partial charge in [0.1, 0.15) is 0 Å². The molecule has 0 aliphatic carbocycles. The van der Waals surface area contributed by atoms with Crippen LogP contribution in [0, 0.1) is 18.8 Å². The van der Waals surface area contributed by atoms with Crippen LogP contribution in [0.25, 0.3) is 0 Å². The number of para-hydroxylation sites is 1. The van der Waals surface area contributed by atoms with Crippen LogP contribution in [0.4, 0.5) is 5.69 Å². The summed E-state index contributed by atoms with van der Waals surface area (Å²) in [6.45, 7) is 16.0. The summed E-state index contributed by atoms with van der Waals surface area (Å²) in [5.74, 6) is -2.12. The van der Waals surface area contributed by atoms with Gasteiger partial charge in [0.15, 0.2) is 8.32 Å². The Labute approximate surface area is 216 Å². The molecule has 1 aliphatic rings. The summed E-state index contributed by atoms with van der Waals surface area (Å²) in [6, 6.07) is 14.2. The second-order valence-electron chi connectivity index (χ2n) is 11.2. The molecule has 0 radical (unpaired) electrons. The lowest BCUT2D eigenvalue weighted by Gasteiger charge is -2.47. The van der Waals surface area contributed by atoms with E-state index in [1.54, 1.807) is 49.4 Å². The molecule has 0 spiro atoms.